The second-order valence-electron chi connectivity index (χ2n) is 2.04. The van der Waals surface area contributed by atoms with E-state index >= 15 is 0 Å². The summed E-state index contributed by atoms with van der Waals surface area (Å²) in [6.45, 7) is 0. The number of hydrogen-bond donors (Lipinski definition) is 1. The molecule has 0 aliphatic carbocycles. The van der Waals surface area contributed by atoms with Gasteiger partial charge >= 0.3 is 6.03 Å². The van der Waals surface area contributed by atoms with Crippen LogP contribution in [0.5, 0.6) is 0 Å². The summed E-state index contributed by atoms with van der Waals surface area (Å²) in [6, 6.07) is -0.415. The summed E-state index contributed by atoms with van der Waals surface area (Å²) >= 11 is 22.0. The van der Waals surface area contributed by atoms with Crippen LogP contribution < -0.4 is 5.32 Å². The zero-order valence-corrected chi connectivity index (χ0v) is 9.47. The third-order valence-corrected chi connectivity index (χ3v) is 2.72. The molecule has 0 aromatic carbocycles. The van der Waals surface area contributed by atoms with Crippen LogP contribution in [0.25, 0.3) is 0 Å². The van der Waals surface area contributed by atoms with Gasteiger partial charge in [-0.2, -0.15) is 0 Å². The first-order valence-electron chi connectivity index (χ1n) is 2.96. The number of nitrogens with zero attached hydrogens (tertiary/aromatic N) is 1. The van der Waals surface area contributed by atoms with Gasteiger partial charge in [-0.05, 0) is 0 Å². The summed E-state index contributed by atoms with van der Waals surface area (Å²) in [5, 5.41) is 2.34. The van der Waals surface area contributed by atoms with Crippen molar-refractivity contribution < 1.29 is 4.79 Å². The number of carbonyl (C=O) groups is 1. The molecular formula is C5H8Cl4N2O. The summed E-state index contributed by atoms with van der Waals surface area (Å²) in [5.74, 6) is 0. The van der Waals surface area contributed by atoms with E-state index in [0.717, 1.165) is 4.90 Å². The van der Waals surface area contributed by atoms with Gasteiger partial charge in [0, 0.05) is 14.1 Å². The Morgan fingerprint density at radius 3 is 2.17 bits per heavy atom. The van der Waals surface area contributed by atoms with Crippen molar-refractivity contribution in [2.75, 3.05) is 14.1 Å². The van der Waals surface area contributed by atoms with E-state index in [1.54, 1.807) is 0 Å². The molecule has 1 N–H and O–H groups in total. The van der Waals surface area contributed by atoms with Crippen LogP contribution in [0.15, 0.2) is 0 Å². The molecule has 0 bridgehead atoms. The fourth-order valence-corrected chi connectivity index (χ4v) is 1.03. The number of amides is 2. The molecular weight excluding hydrogens is 246 g/mol. The molecule has 0 rings (SSSR count). The van der Waals surface area contributed by atoms with Crippen LogP contribution in [0.3, 0.4) is 0 Å². The predicted octanol–water partition coefficient (Wildman–Crippen LogP) is 2.19. The van der Waals surface area contributed by atoms with Gasteiger partial charge in [0.15, 0.2) is 5.50 Å². The number of hydrogen-bond acceptors (Lipinski definition) is 1. The molecule has 3 nitrogen and oxygen atoms in total. The van der Waals surface area contributed by atoms with Crippen LogP contribution in [0.2, 0.25) is 0 Å². The van der Waals surface area contributed by atoms with E-state index in [-0.39, 0.29) is 0 Å². The number of alkyl halides is 4. The fraction of sp³-hybridized carbons (Fsp3) is 0.800. The quantitative estimate of drug-likeness (QED) is 0.564. The van der Waals surface area contributed by atoms with Gasteiger partial charge in [0.1, 0.15) is 0 Å². The molecule has 0 saturated carbocycles. The largest absolute Gasteiger partial charge is 0.341 e. The Hall–Kier alpha value is 0.430. The average Bonchev–Trinajstić information content (AvgIpc) is 1.98. The molecule has 0 fully saturated rings. The third kappa shape index (κ3) is 3.44. The molecule has 0 saturated heterocycles. The second kappa shape index (κ2) is 4.61. The molecule has 0 aliphatic rings. The number of halogens is 4. The topological polar surface area (TPSA) is 32.3 Å². The molecule has 0 aliphatic heterocycles. The molecule has 72 valence electrons. The number of carbonyl (C=O) groups excluding carboxylic acids is 1. The van der Waals surface area contributed by atoms with E-state index in [1.807, 2.05) is 0 Å². The van der Waals surface area contributed by atoms with E-state index in [0.29, 0.717) is 0 Å². The second-order valence-corrected chi connectivity index (χ2v) is 4.83. The van der Waals surface area contributed by atoms with E-state index in [9.17, 15) is 4.79 Å². The Bertz CT molecular complexity index is 169. The molecule has 0 radical (unpaired) electrons. The van der Waals surface area contributed by atoms with E-state index in [2.05, 4.69) is 5.32 Å². The fourth-order valence-electron chi connectivity index (χ4n) is 0.499. The molecule has 7 heteroatoms. The van der Waals surface area contributed by atoms with Crippen LogP contribution in [0.1, 0.15) is 0 Å². The lowest BCUT2D eigenvalue weighted by molar-refractivity contribution is 0.207. The zero-order valence-electron chi connectivity index (χ0n) is 6.44. The van der Waals surface area contributed by atoms with Gasteiger partial charge in [0.05, 0.1) is 0 Å². The van der Waals surface area contributed by atoms with Crippen molar-refractivity contribution in [3.8, 4) is 0 Å². The van der Waals surface area contributed by atoms with Crippen LogP contribution in [-0.2, 0) is 0 Å². The molecule has 1 atom stereocenters. The van der Waals surface area contributed by atoms with Gasteiger partial charge < -0.3 is 10.2 Å². The average molecular weight is 254 g/mol. The molecule has 2 amide bonds. The maximum absolute atomic E-state index is 11.0. The predicted molar refractivity (Wildman–Crippen MR) is 52.1 cm³/mol. The van der Waals surface area contributed by atoms with Gasteiger partial charge in [0.25, 0.3) is 0 Å². The van der Waals surface area contributed by atoms with E-state index in [4.69, 9.17) is 46.4 Å². The standard InChI is InChI=1S/C5H8Cl4N2O/c1-10-4(12)11(2)3(6)5(7,8)9/h3H,1-2H3,(H,10,12). The highest BCUT2D eigenvalue weighted by Gasteiger charge is 2.35. The lowest BCUT2D eigenvalue weighted by Gasteiger charge is -2.27. The van der Waals surface area contributed by atoms with Crippen molar-refractivity contribution in [3.05, 3.63) is 0 Å². The maximum Gasteiger partial charge on any atom is 0.318 e. The van der Waals surface area contributed by atoms with Crippen LogP contribution in [0.4, 0.5) is 4.79 Å². The first-order valence-corrected chi connectivity index (χ1v) is 4.53. The van der Waals surface area contributed by atoms with Crippen molar-refractivity contribution in [1.29, 1.82) is 0 Å². The molecule has 1 unspecified atom stereocenters. The SMILES string of the molecule is CNC(=O)N(C)C(Cl)C(Cl)(Cl)Cl. The van der Waals surface area contributed by atoms with Gasteiger partial charge in [0.2, 0.25) is 3.79 Å². The minimum Gasteiger partial charge on any atom is -0.341 e. The van der Waals surface area contributed by atoms with Gasteiger partial charge in [-0.3, -0.25) is 0 Å². The first-order chi connectivity index (χ1) is 5.30. The summed E-state index contributed by atoms with van der Waals surface area (Å²) < 4.78 is -1.69. The third-order valence-electron chi connectivity index (χ3n) is 1.14. The van der Waals surface area contributed by atoms with Crippen molar-refractivity contribution in [3.63, 3.8) is 0 Å². The Labute approximate surface area is 90.9 Å². The molecule has 12 heavy (non-hydrogen) atoms. The number of urea groups is 1. The highest BCUT2D eigenvalue weighted by molar-refractivity contribution is 6.70. The van der Waals surface area contributed by atoms with E-state index < -0.39 is 15.3 Å². The van der Waals surface area contributed by atoms with Crippen LogP contribution in [0, 0.1) is 0 Å². The highest BCUT2D eigenvalue weighted by atomic mass is 35.6. The summed E-state index contributed by atoms with van der Waals surface area (Å²) in [7, 11) is 2.89. The minimum atomic E-state index is -1.69. The first kappa shape index (κ1) is 12.4. The molecule has 0 heterocycles. The minimum absolute atomic E-state index is 0.415. The monoisotopic (exact) mass is 252 g/mol. The summed E-state index contributed by atoms with van der Waals surface area (Å²) in [4.78, 5) is 12.0. The summed E-state index contributed by atoms with van der Waals surface area (Å²) in [6.07, 6.45) is 0. The Morgan fingerprint density at radius 2 is 1.92 bits per heavy atom. The lowest BCUT2D eigenvalue weighted by atomic mass is 10.6. The van der Waals surface area contributed by atoms with Crippen LogP contribution >= 0.6 is 46.4 Å². The Kier molecular flexibility index (Phi) is 4.77. The van der Waals surface area contributed by atoms with E-state index in [1.165, 1.54) is 14.1 Å². The van der Waals surface area contributed by atoms with Gasteiger partial charge in [-0.25, -0.2) is 4.79 Å². The Morgan fingerprint density at radius 1 is 1.50 bits per heavy atom. The smallest absolute Gasteiger partial charge is 0.318 e. The molecule has 0 aromatic rings. The van der Waals surface area contributed by atoms with Crippen molar-refractivity contribution in [2.24, 2.45) is 0 Å². The zero-order chi connectivity index (χ0) is 9.94. The van der Waals surface area contributed by atoms with Crippen molar-refractivity contribution in [2.45, 2.75) is 9.29 Å². The maximum atomic E-state index is 11.0. The summed E-state index contributed by atoms with van der Waals surface area (Å²) in [5.41, 5.74) is -0.998. The molecule has 0 aromatic heterocycles. The normalized spacial score (nSPS) is 13.8. The van der Waals surface area contributed by atoms with Crippen molar-refractivity contribution >= 4 is 52.4 Å². The lowest BCUT2D eigenvalue weighted by Crippen LogP contribution is -2.45. The molecule has 0 spiro atoms. The Balaban J connectivity index is 4.29. The number of nitrogens with one attached hydrogen (secondary N) is 1. The van der Waals surface area contributed by atoms with Gasteiger partial charge in [-0.15, -0.1) is 0 Å². The highest BCUT2D eigenvalue weighted by Crippen LogP contribution is 2.35. The van der Waals surface area contributed by atoms with Gasteiger partial charge in [-0.1, -0.05) is 46.4 Å². The number of rotatable bonds is 1. The van der Waals surface area contributed by atoms with Crippen LogP contribution in [-0.4, -0.2) is 34.3 Å². The van der Waals surface area contributed by atoms with Crippen molar-refractivity contribution in [1.82, 2.24) is 10.2 Å².